The Labute approximate surface area is 153 Å². The number of hydrogen-bond acceptors (Lipinski definition) is 4. The number of ether oxygens (including phenoxy) is 1. The molecule has 0 saturated carbocycles. The number of nitrogens with one attached hydrogen (secondary N) is 1. The molecule has 2 heterocycles. The van der Waals surface area contributed by atoms with Crippen LogP contribution in [-0.2, 0) is 0 Å². The van der Waals surface area contributed by atoms with Gasteiger partial charge in [0, 0.05) is 24.2 Å². The molecular formula is C21H21N3O2. The summed E-state index contributed by atoms with van der Waals surface area (Å²) in [6.07, 6.45) is 5.05. The van der Waals surface area contributed by atoms with Gasteiger partial charge in [-0.15, -0.1) is 0 Å². The quantitative estimate of drug-likeness (QED) is 0.731. The van der Waals surface area contributed by atoms with Gasteiger partial charge in [0.1, 0.15) is 5.75 Å². The third-order valence-corrected chi connectivity index (χ3v) is 4.02. The normalized spacial score (nSPS) is 11.6. The second-order valence-electron chi connectivity index (χ2n) is 5.87. The van der Waals surface area contributed by atoms with E-state index in [0.717, 1.165) is 22.6 Å². The van der Waals surface area contributed by atoms with Gasteiger partial charge >= 0.3 is 0 Å². The summed E-state index contributed by atoms with van der Waals surface area (Å²) in [4.78, 5) is 20.9. The molecule has 1 aromatic carbocycles. The standard InChI is InChI=1S/C21H21N3O2/c1-3-26-19-9-6-16(7-10-19)15(2)24-21(25)18-8-11-20(23-14-18)17-5-4-12-22-13-17/h4-15H,3H2,1-2H3,(H,24,25). The molecule has 5 nitrogen and oxygen atoms in total. The Balaban J connectivity index is 1.65. The van der Waals surface area contributed by atoms with E-state index in [4.69, 9.17) is 4.74 Å². The molecular weight excluding hydrogens is 326 g/mol. The van der Waals surface area contributed by atoms with Crippen LogP contribution in [0.4, 0.5) is 0 Å². The molecule has 0 saturated heterocycles. The fourth-order valence-electron chi connectivity index (χ4n) is 2.60. The van der Waals surface area contributed by atoms with Crippen LogP contribution in [0.15, 0.2) is 67.1 Å². The molecule has 1 atom stereocenters. The molecule has 132 valence electrons. The van der Waals surface area contributed by atoms with Crippen LogP contribution in [0.25, 0.3) is 11.3 Å². The maximum Gasteiger partial charge on any atom is 0.253 e. The highest BCUT2D eigenvalue weighted by molar-refractivity contribution is 5.94. The van der Waals surface area contributed by atoms with Gasteiger partial charge < -0.3 is 10.1 Å². The first kappa shape index (κ1) is 17.6. The van der Waals surface area contributed by atoms with Crippen molar-refractivity contribution in [3.63, 3.8) is 0 Å². The van der Waals surface area contributed by atoms with E-state index >= 15 is 0 Å². The first-order valence-corrected chi connectivity index (χ1v) is 8.57. The molecule has 0 bridgehead atoms. The van der Waals surface area contributed by atoms with Gasteiger partial charge in [-0.1, -0.05) is 12.1 Å². The van der Waals surface area contributed by atoms with Crippen LogP contribution in [0.5, 0.6) is 5.75 Å². The average molecular weight is 347 g/mol. The molecule has 3 rings (SSSR count). The summed E-state index contributed by atoms with van der Waals surface area (Å²) in [5.74, 6) is 0.668. The first-order valence-electron chi connectivity index (χ1n) is 8.57. The Morgan fingerprint density at radius 3 is 2.54 bits per heavy atom. The van der Waals surface area contributed by atoms with Crippen LogP contribution in [0.3, 0.4) is 0 Å². The number of benzene rings is 1. The summed E-state index contributed by atoms with van der Waals surface area (Å²) < 4.78 is 5.44. The van der Waals surface area contributed by atoms with Crippen molar-refractivity contribution < 1.29 is 9.53 Å². The minimum Gasteiger partial charge on any atom is -0.494 e. The van der Waals surface area contributed by atoms with E-state index in [1.807, 2.05) is 56.3 Å². The molecule has 0 fully saturated rings. The first-order chi connectivity index (χ1) is 12.7. The molecule has 5 heteroatoms. The summed E-state index contributed by atoms with van der Waals surface area (Å²) in [5, 5.41) is 2.99. The SMILES string of the molecule is CCOc1ccc(C(C)NC(=O)c2ccc(-c3cccnc3)nc2)cc1. The molecule has 1 N–H and O–H groups in total. The van der Waals surface area contributed by atoms with E-state index in [9.17, 15) is 4.79 Å². The highest BCUT2D eigenvalue weighted by Gasteiger charge is 2.12. The minimum atomic E-state index is -0.156. The second-order valence-corrected chi connectivity index (χ2v) is 5.87. The summed E-state index contributed by atoms with van der Waals surface area (Å²) >= 11 is 0. The summed E-state index contributed by atoms with van der Waals surface area (Å²) in [6, 6.07) is 15.0. The fourth-order valence-corrected chi connectivity index (χ4v) is 2.60. The van der Waals surface area contributed by atoms with Gasteiger partial charge in [0.05, 0.1) is 23.9 Å². The highest BCUT2D eigenvalue weighted by atomic mass is 16.5. The topological polar surface area (TPSA) is 64.1 Å². The Morgan fingerprint density at radius 1 is 1.12 bits per heavy atom. The number of amides is 1. The van der Waals surface area contributed by atoms with E-state index in [1.165, 1.54) is 0 Å². The average Bonchev–Trinajstić information content (AvgIpc) is 2.69. The molecule has 0 radical (unpaired) electrons. The van der Waals surface area contributed by atoms with Crippen molar-refractivity contribution in [3.05, 3.63) is 78.2 Å². The lowest BCUT2D eigenvalue weighted by atomic mass is 10.1. The molecule has 3 aromatic rings. The lowest BCUT2D eigenvalue weighted by Gasteiger charge is -2.15. The van der Waals surface area contributed by atoms with Crippen LogP contribution >= 0.6 is 0 Å². The van der Waals surface area contributed by atoms with Crippen molar-refractivity contribution in [1.29, 1.82) is 0 Å². The Kier molecular flexibility index (Phi) is 5.59. The smallest absolute Gasteiger partial charge is 0.253 e. The van der Waals surface area contributed by atoms with Crippen molar-refractivity contribution >= 4 is 5.91 Å². The van der Waals surface area contributed by atoms with E-state index in [-0.39, 0.29) is 11.9 Å². The third-order valence-electron chi connectivity index (χ3n) is 4.02. The second kappa shape index (κ2) is 8.25. The van der Waals surface area contributed by atoms with Crippen molar-refractivity contribution in [2.75, 3.05) is 6.61 Å². The van der Waals surface area contributed by atoms with Crippen LogP contribution in [0.2, 0.25) is 0 Å². The minimum absolute atomic E-state index is 0.115. The number of carbonyl (C=O) groups excluding carboxylic acids is 1. The van der Waals surface area contributed by atoms with Gasteiger partial charge in [0.15, 0.2) is 0 Å². The number of nitrogens with zero attached hydrogens (tertiary/aromatic N) is 2. The molecule has 0 aliphatic rings. The Morgan fingerprint density at radius 2 is 1.92 bits per heavy atom. The molecule has 1 unspecified atom stereocenters. The number of carbonyl (C=O) groups is 1. The number of aromatic nitrogens is 2. The van der Waals surface area contributed by atoms with Crippen molar-refractivity contribution in [2.24, 2.45) is 0 Å². The maximum absolute atomic E-state index is 12.5. The van der Waals surface area contributed by atoms with Gasteiger partial charge in [0.2, 0.25) is 0 Å². The van der Waals surface area contributed by atoms with E-state index in [1.54, 1.807) is 24.7 Å². The Hall–Kier alpha value is -3.21. The lowest BCUT2D eigenvalue weighted by molar-refractivity contribution is 0.0939. The van der Waals surface area contributed by atoms with Crippen LogP contribution in [-0.4, -0.2) is 22.5 Å². The summed E-state index contributed by atoms with van der Waals surface area (Å²) in [7, 11) is 0. The van der Waals surface area contributed by atoms with Crippen LogP contribution in [0, 0.1) is 0 Å². The summed E-state index contributed by atoms with van der Waals surface area (Å²) in [5.41, 5.74) is 3.24. The van der Waals surface area contributed by atoms with E-state index in [0.29, 0.717) is 12.2 Å². The third kappa shape index (κ3) is 4.25. The molecule has 0 aliphatic heterocycles. The van der Waals surface area contributed by atoms with E-state index in [2.05, 4.69) is 15.3 Å². The Bertz CT molecular complexity index is 847. The monoisotopic (exact) mass is 347 g/mol. The lowest BCUT2D eigenvalue weighted by Crippen LogP contribution is -2.26. The fraction of sp³-hybridized carbons (Fsp3) is 0.190. The van der Waals surface area contributed by atoms with Crippen LogP contribution in [0.1, 0.15) is 35.8 Å². The molecule has 1 amide bonds. The zero-order valence-electron chi connectivity index (χ0n) is 14.8. The summed E-state index contributed by atoms with van der Waals surface area (Å²) in [6.45, 7) is 4.53. The van der Waals surface area contributed by atoms with E-state index < -0.39 is 0 Å². The zero-order valence-corrected chi connectivity index (χ0v) is 14.8. The van der Waals surface area contributed by atoms with Crippen molar-refractivity contribution in [2.45, 2.75) is 19.9 Å². The van der Waals surface area contributed by atoms with Gasteiger partial charge in [-0.05, 0) is 55.8 Å². The molecule has 0 aliphatic carbocycles. The van der Waals surface area contributed by atoms with Gasteiger partial charge in [-0.2, -0.15) is 0 Å². The number of hydrogen-bond donors (Lipinski definition) is 1. The molecule has 0 spiro atoms. The zero-order chi connectivity index (χ0) is 18.4. The number of pyridine rings is 2. The van der Waals surface area contributed by atoms with Gasteiger partial charge in [0.25, 0.3) is 5.91 Å². The predicted octanol–water partition coefficient (Wildman–Crippen LogP) is 4.03. The largest absolute Gasteiger partial charge is 0.494 e. The van der Waals surface area contributed by atoms with Gasteiger partial charge in [-0.25, -0.2) is 0 Å². The predicted molar refractivity (Wildman–Crippen MR) is 101 cm³/mol. The van der Waals surface area contributed by atoms with Crippen molar-refractivity contribution in [3.8, 4) is 17.0 Å². The maximum atomic E-state index is 12.5. The molecule has 2 aromatic heterocycles. The molecule has 26 heavy (non-hydrogen) atoms. The highest BCUT2D eigenvalue weighted by Crippen LogP contribution is 2.19. The number of rotatable bonds is 6. The van der Waals surface area contributed by atoms with Gasteiger partial charge in [-0.3, -0.25) is 14.8 Å². The van der Waals surface area contributed by atoms with Crippen LogP contribution < -0.4 is 10.1 Å². The van der Waals surface area contributed by atoms with Crippen molar-refractivity contribution in [1.82, 2.24) is 15.3 Å².